The van der Waals surface area contributed by atoms with Crippen LogP contribution >= 0.6 is 0 Å². The molecule has 0 fully saturated rings. The molecule has 0 aromatic carbocycles. The molecule has 2 N–H and O–H groups in total. The Morgan fingerprint density at radius 1 is 1.39 bits per heavy atom. The van der Waals surface area contributed by atoms with Crippen LogP contribution in [0.1, 0.15) is 47.0 Å². The summed E-state index contributed by atoms with van der Waals surface area (Å²) in [5, 5.41) is 11.9. The van der Waals surface area contributed by atoms with Gasteiger partial charge in [0.1, 0.15) is 6.61 Å². The van der Waals surface area contributed by atoms with Crippen molar-refractivity contribution >= 4 is 5.97 Å². The van der Waals surface area contributed by atoms with E-state index in [1.54, 1.807) is 7.05 Å². The van der Waals surface area contributed by atoms with E-state index in [9.17, 15) is 4.79 Å². The highest BCUT2D eigenvalue weighted by molar-refractivity contribution is 5.72. The molecule has 0 amide bonds. The molecule has 0 bridgehead atoms. The van der Waals surface area contributed by atoms with Crippen LogP contribution in [0.3, 0.4) is 0 Å². The summed E-state index contributed by atoms with van der Waals surface area (Å²) < 4.78 is 5.29. The molecule has 4 nitrogen and oxygen atoms in total. The summed E-state index contributed by atoms with van der Waals surface area (Å²) in [5.41, 5.74) is 0.123. The van der Waals surface area contributed by atoms with Crippen LogP contribution in [0.2, 0.25) is 0 Å². The van der Waals surface area contributed by atoms with E-state index in [4.69, 9.17) is 9.84 Å². The van der Waals surface area contributed by atoms with E-state index in [0.717, 1.165) is 19.3 Å². The Morgan fingerprint density at radius 3 is 2.39 bits per heavy atom. The first kappa shape index (κ1) is 17.4. The number of nitrogens with one attached hydrogen (secondary N) is 1. The third kappa shape index (κ3) is 7.67. The van der Waals surface area contributed by atoms with Crippen molar-refractivity contribution in [2.24, 2.45) is 11.3 Å². The Bertz CT molecular complexity index is 232. The number of aliphatic hydroxyl groups is 1. The molecule has 0 saturated heterocycles. The standard InChI is InChI=1S/C14H29NO3/c1-6-7-11(8-14(2,3)4)13(17)18-10-12(9-16)15-5/h11-12,15-16H,6-10H2,1-5H3. The highest BCUT2D eigenvalue weighted by Gasteiger charge is 2.25. The van der Waals surface area contributed by atoms with Crippen molar-refractivity contribution in [2.45, 2.75) is 53.0 Å². The van der Waals surface area contributed by atoms with Crippen LogP contribution < -0.4 is 5.32 Å². The molecule has 18 heavy (non-hydrogen) atoms. The fraction of sp³-hybridized carbons (Fsp3) is 0.929. The van der Waals surface area contributed by atoms with Crippen LogP contribution in [-0.4, -0.2) is 37.4 Å². The van der Waals surface area contributed by atoms with Crippen LogP contribution in [0.25, 0.3) is 0 Å². The minimum atomic E-state index is -0.175. The number of likely N-dealkylation sites (N-methyl/N-ethyl adjacent to an activating group) is 1. The average molecular weight is 259 g/mol. The first-order valence-electron chi connectivity index (χ1n) is 6.78. The Hall–Kier alpha value is -0.610. The van der Waals surface area contributed by atoms with Gasteiger partial charge in [-0.3, -0.25) is 4.79 Å². The topological polar surface area (TPSA) is 58.6 Å². The molecule has 0 aromatic heterocycles. The molecular weight excluding hydrogens is 230 g/mol. The molecule has 2 unspecified atom stereocenters. The van der Waals surface area contributed by atoms with E-state index in [-0.39, 0.29) is 36.6 Å². The second-order valence-electron chi connectivity index (χ2n) is 6.05. The van der Waals surface area contributed by atoms with Gasteiger partial charge in [-0.25, -0.2) is 0 Å². The Morgan fingerprint density at radius 2 is 2.00 bits per heavy atom. The minimum Gasteiger partial charge on any atom is -0.464 e. The summed E-state index contributed by atoms with van der Waals surface area (Å²) in [7, 11) is 1.74. The van der Waals surface area contributed by atoms with E-state index >= 15 is 0 Å². The second kappa shape index (κ2) is 8.48. The predicted octanol–water partition coefficient (Wildman–Crippen LogP) is 1.96. The SMILES string of the molecule is CCCC(CC(C)(C)C)C(=O)OCC(CO)NC. The third-order valence-corrected chi connectivity index (χ3v) is 2.88. The molecule has 0 aliphatic carbocycles. The zero-order chi connectivity index (χ0) is 14.2. The largest absolute Gasteiger partial charge is 0.464 e. The van der Waals surface area contributed by atoms with Crippen molar-refractivity contribution < 1.29 is 14.6 Å². The number of aliphatic hydroxyl groups excluding tert-OH is 1. The van der Waals surface area contributed by atoms with Gasteiger partial charge in [0, 0.05) is 0 Å². The predicted molar refractivity (Wildman–Crippen MR) is 73.4 cm³/mol. The second-order valence-corrected chi connectivity index (χ2v) is 6.05. The Labute approximate surface area is 111 Å². The zero-order valence-corrected chi connectivity index (χ0v) is 12.5. The minimum absolute atomic E-state index is 0.0263. The Balaban J connectivity index is 4.30. The van der Waals surface area contributed by atoms with E-state index in [2.05, 4.69) is 33.0 Å². The van der Waals surface area contributed by atoms with Gasteiger partial charge < -0.3 is 15.2 Å². The van der Waals surface area contributed by atoms with Gasteiger partial charge in [0.15, 0.2) is 0 Å². The summed E-state index contributed by atoms with van der Waals surface area (Å²) in [6, 6.07) is -0.175. The van der Waals surface area contributed by atoms with Crippen molar-refractivity contribution in [2.75, 3.05) is 20.3 Å². The van der Waals surface area contributed by atoms with Crippen LogP contribution in [0.4, 0.5) is 0 Å². The van der Waals surface area contributed by atoms with E-state index < -0.39 is 0 Å². The third-order valence-electron chi connectivity index (χ3n) is 2.88. The van der Waals surface area contributed by atoms with E-state index in [0.29, 0.717) is 0 Å². The molecule has 0 heterocycles. The highest BCUT2D eigenvalue weighted by Crippen LogP contribution is 2.27. The summed E-state index contributed by atoms with van der Waals surface area (Å²) >= 11 is 0. The zero-order valence-electron chi connectivity index (χ0n) is 12.5. The molecule has 2 atom stereocenters. The number of hydrogen-bond donors (Lipinski definition) is 2. The van der Waals surface area contributed by atoms with Crippen LogP contribution in [0.15, 0.2) is 0 Å². The molecule has 4 heteroatoms. The normalized spacial score (nSPS) is 15.2. The number of carbonyl (C=O) groups excluding carboxylic acids is 1. The van der Waals surface area contributed by atoms with Crippen molar-refractivity contribution in [1.29, 1.82) is 0 Å². The van der Waals surface area contributed by atoms with E-state index in [1.165, 1.54) is 0 Å². The van der Waals surface area contributed by atoms with Crippen molar-refractivity contribution in [1.82, 2.24) is 5.32 Å². The first-order valence-corrected chi connectivity index (χ1v) is 6.78. The lowest BCUT2D eigenvalue weighted by Gasteiger charge is -2.25. The van der Waals surface area contributed by atoms with Gasteiger partial charge in [-0.15, -0.1) is 0 Å². The fourth-order valence-corrected chi connectivity index (χ4v) is 1.92. The van der Waals surface area contributed by atoms with Gasteiger partial charge in [0.05, 0.1) is 18.6 Å². The molecule has 0 spiro atoms. The number of esters is 1. The fourth-order valence-electron chi connectivity index (χ4n) is 1.92. The van der Waals surface area contributed by atoms with Gasteiger partial charge in [0.2, 0.25) is 0 Å². The van der Waals surface area contributed by atoms with Crippen LogP contribution in [-0.2, 0) is 9.53 Å². The van der Waals surface area contributed by atoms with Gasteiger partial charge in [-0.1, -0.05) is 34.1 Å². The smallest absolute Gasteiger partial charge is 0.309 e. The number of hydrogen-bond acceptors (Lipinski definition) is 4. The molecule has 0 aliphatic heterocycles. The summed E-state index contributed by atoms with van der Waals surface area (Å²) in [4.78, 5) is 12.0. The van der Waals surface area contributed by atoms with Crippen LogP contribution in [0, 0.1) is 11.3 Å². The van der Waals surface area contributed by atoms with Gasteiger partial charge in [-0.05, 0) is 25.3 Å². The molecule has 108 valence electrons. The van der Waals surface area contributed by atoms with Crippen molar-refractivity contribution in [3.63, 3.8) is 0 Å². The molecular formula is C14H29NO3. The molecule has 0 aromatic rings. The number of carbonyl (C=O) groups is 1. The molecule has 0 saturated carbocycles. The number of rotatable bonds is 8. The summed E-state index contributed by atoms with van der Waals surface area (Å²) in [5.74, 6) is -0.174. The van der Waals surface area contributed by atoms with Gasteiger partial charge in [-0.2, -0.15) is 0 Å². The molecule has 0 rings (SSSR count). The summed E-state index contributed by atoms with van der Waals surface area (Å²) in [6.07, 6.45) is 2.67. The molecule has 0 radical (unpaired) electrons. The Kier molecular flexibility index (Phi) is 8.20. The first-order chi connectivity index (χ1) is 8.34. The monoisotopic (exact) mass is 259 g/mol. The summed E-state index contributed by atoms with van der Waals surface area (Å²) in [6.45, 7) is 8.68. The van der Waals surface area contributed by atoms with Crippen LogP contribution in [0.5, 0.6) is 0 Å². The maximum atomic E-state index is 12.0. The lowest BCUT2D eigenvalue weighted by molar-refractivity contribution is -0.151. The van der Waals surface area contributed by atoms with Gasteiger partial charge in [0.25, 0.3) is 0 Å². The molecule has 0 aliphatic rings. The maximum absolute atomic E-state index is 12.0. The quantitative estimate of drug-likeness (QED) is 0.654. The maximum Gasteiger partial charge on any atom is 0.309 e. The highest BCUT2D eigenvalue weighted by atomic mass is 16.5. The average Bonchev–Trinajstić information content (AvgIpc) is 2.28. The lowest BCUT2D eigenvalue weighted by Crippen LogP contribution is -2.36. The van der Waals surface area contributed by atoms with E-state index in [1.807, 2.05) is 0 Å². The lowest BCUT2D eigenvalue weighted by atomic mass is 9.83. The number of ether oxygens (including phenoxy) is 1. The van der Waals surface area contributed by atoms with Crippen molar-refractivity contribution in [3.05, 3.63) is 0 Å². The van der Waals surface area contributed by atoms with Crippen molar-refractivity contribution in [3.8, 4) is 0 Å². The van der Waals surface area contributed by atoms with Gasteiger partial charge >= 0.3 is 5.97 Å².